The number of carboxylic acid groups (broad SMARTS) is 1. The highest BCUT2D eigenvalue weighted by Gasteiger charge is 1.81. The summed E-state index contributed by atoms with van der Waals surface area (Å²) in [6.45, 7) is -0.278. The first-order valence-electron chi connectivity index (χ1n) is 3.29. The largest absolute Gasteiger partial charge is 0.480 e. The second-order valence-electron chi connectivity index (χ2n) is 1.89. The predicted molar refractivity (Wildman–Crippen MR) is 55.4 cm³/mol. The molecule has 0 aliphatic carbocycles. The van der Waals surface area contributed by atoms with Crippen LogP contribution in [0, 0.1) is 0 Å². The molecule has 0 unspecified atom stereocenters. The molecule has 1 rings (SSSR count). The van der Waals surface area contributed by atoms with Crippen molar-refractivity contribution in [1.82, 2.24) is 0 Å². The molecule has 74 valence electrons. The molecule has 5 heteroatoms. The van der Waals surface area contributed by atoms with Crippen LogP contribution in [0.2, 0.25) is 5.02 Å². The monoisotopic (exact) mass is 223 g/mol. The molecule has 3 nitrogen and oxygen atoms in total. The van der Waals surface area contributed by atoms with Crippen LogP contribution in [-0.2, 0) is 4.79 Å². The van der Waals surface area contributed by atoms with Crippen LogP contribution in [0.1, 0.15) is 0 Å². The van der Waals surface area contributed by atoms with Gasteiger partial charge in [0.2, 0.25) is 0 Å². The highest BCUT2D eigenvalue weighted by atomic mass is 35.5. The van der Waals surface area contributed by atoms with Crippen molar-refractivity contribution in [3.63, 3.8) is 0 Å². The first kappa shape index (κ1) is 14.7. The van der Waals surface area contributed by atoms with Crippen LogP contribution in [0.4, 0.5) is 0 Å². The highest BCUT2D eigenvalue weighted by Crippen LogP contribution is 2.03. The van der Waals surface area contributed by atoms with Crippen molar-refractivity contribution in [2.24, 2.45) is 5.73 Å². The lowest BCUT2D eigenvalue weighted by Crippen LogP contribution is -2.10. The molecule has 0 saturated carbocycles. The molecule has 3 N–H and O–H groups in total. The van der Waals surface area contributed by atoms with E-state index in [4.69, 9.17) is 16.7 Å². The maximum Gasteiger partial charge on any atom is 0.317 e. The summed E-state index contributed by atoms with van der Waals surface area (Å²) in [5, 5.41) is 8.39. The summed E-state index contributed by atoms with van der Waals surface area (Å²) in [6.07, 6.45) is 0. The zero-order chi connectivity index (χ0) is 9.40. The van der Waals surface area contributed by atoms with Gasteiger partial charge in [-0.05, 0) is 12.1 Å². The van der Waals surface area contributed by atoms with Crippen molar-refractivity contribution in [3.05, 3.63) is 35.4 Å². The molecule has 0 aromatic heterocycles. The van der Waals surface area contributed by atoms with E-state index in [1.54, 1.807) is 0 Å². The predicted octanol–water partition coefficient (Wildman–Crippen LogP) is 1.79. The van der Waals surface area contributed by atoms with Gasteiger partial charge >= 0.3 is 5.97 Å². The van der Waals surface area contributed by atoms with Gasteiger partial charge in [0.15, 0.2) is 0 Å². The Labute approximate surface area is 87.9 Å². The lowest BCUT2D eigenvalue weighted by molar-refractivity contribution is -0.135. The molecule has 0 fully saturated rings. The Kier molecular flexibility index (Phi) is 10.6. The molecule has 0 spiro atoms. The molecular weight excluding hydrogens is 213 g/mol. The summed E-state index contributed by atoms with van der Waals surface area (Å²) in [6, 6.07) is 9.44. The van der Waals surface area contributed by atoms with Crippen molar-refractivity contribution in [2.75, 3.05) is 6.54 Å². The molecule has 13 heavy (non-hydrogen) atoms. The molecule has 0 heterocycles. The summed E-state index contributed by atoms with van der Waals surface area (Å²) in [5.41, 5.74) is 4.57. The third-order valence-corrected chi connectivity index (χ3v) is 1.16. The van der Waals surface area contributed by atoms with Crippen LogP contribution in [0.25, 0.3) is 0 Å². The third kappa shape index (κ3) is 11.2. The molecule has 0 saturated heterocycles. The first-order chi connectivity index (χ1) is 5.66. The van der Waals surface area contributed by atoms with Gasteiger partial charge in [-0.2, -0.15) is 0 Å². The molecular formula is C8H11Cl2NO2. The van der Waals surface area contributed by atoms with E-state index in [1.807, 2.05) is 30.3 Å². The van der Waals surface area contributed by atoms with Crippen LogP contribution in [-0.4, -0.2) is 17.6 Å². The fourth-order valence-electron chi connectivity index (χ4n) is 0.415. The van der Waals surface area contributed by atoms with Crippen molar-refractivity contribution in [3.8, 4) is 0 Å². The Morgan fingerprint density at radius 2 is 1.77 bits per heavy atom. The van der Waals surface area contributed by atoms with Crippen LogP contribution in [0.3, 0.4) is 0 Å². The van der Waals surface area contributed by atoms with Crippen molar-refractivity contribution in [1.29, 1.82) is 0 Å². The van der Waals surface area contributed by atoms with E-state index in [9.17, 15) is 4.79 Å². The topological polar surface area (TPSA) is 63.3 Å². The minimum Gasteiger partial charge on any atom is -0.480 e. The standard InChI is InChI=1S/C6H5Cl.C2H5NO2.ClH/c7-6-4-2-1-3-5-6;3-1-2(4)5;/h1-5H;1,3H2,(H,4,5);1H. The number of aliphatic carboxylic acids is 1. The van der Waals surface area contributed by atoms with Gasteiger partial charge in [0.25, 0.3) is 0 Å². The summed E-state index contributed by atoms with van der Waals surface area (Å²) in [5.74, 6) is -0.968. The lowest BCUT2D eigenvalue weighted by atomic mass is 10.4. The van der Waals surface area contributed by atoms with E-state index >= 15 is 0 Å². The number of carbonyl (C=O) groups is 1. The summed E-state index contributed by atoms with van der Waals surface area (Å²) in [7, 11) is 0. The lowest BCUT2D eigenvalue weighted by Gasteiger charge is -1.80. The average Bonchev–Trinajstić information content (AvgIpc) is 2.07. The van der Waals surface area contributed by atoms with E-state index in [0.29, 0.717) is 0 Å². The van der Waals surface area contributed by atoms with Crippen LogP contribution < -0.4 is 5.73 Å². The normalized spacial score (nSPS) is 7.54. The molecule has 0 aliphatic rings. The van der Waals surface area contributed by atoms with Gasteiger partial charge in [-0.15, -0.1) is 12.4 Å². The summed E-state index contributed by atoms with van der Waals surface area (Å²) < 4.78 is 0. The quantitative estimate of drug-likeness (QED) is 0.764. The zero-order valence-electron chi connectivity index (χ0n) is 6.81. The molecule has 1 aromatic carbocycles. The van der Waals surface area contributed by atoms with E-state index in [1.165, 1.54) is 0 Å². The van der Waals surface area contributed by atoms with Gasteiger partial charge in [0, 0.05) is 5.02 Å². The number of hydrogen-bond acceptors (Lipinski definition) is 2. The molecule has 1 aromatic rings. The fourth-order valence-corrected chi connectivity index (χ4v) is 0.560. The first-order valence-corrected chi connectivity index (χ1v) is 3.67. The van der Waals surface area contributed by atoms with Gasteiger partial charge in [-0.1, -0.05) is 29.8 Å². The van der Waals surface area contributed by atoms with Crippen LogP contribution >= 0.6 is 24.0 Å². The van der Waals surface area contributed by atoms with Crippen LogP contribution in [0.15, 0.2) is 30.3 Å². The number of halogens is 2. The fraction of sp³-hybridized carbons (Fsp3) is 0.125. The van der Waals surface area contributed by atoms with E-state index in [2.05, 4.69) is 5.73 Å². The molecule has 0 radical (unpaired) electrons. The van der Waals surface area contributed by atoms with Crippen LogP contribution in [0.5, 0.6) is 0 Å². The smallest absolute Gasteiger partial charge is 0.317 e. The minimum absolute atomic E-state index is 0. The molecule has 0 amide bonds. The van der Waals surface area contributed by atoms with E-state index < -0.39 is 5.97 Å². The third-order valence-electron chi connectivity index (χ3n) is 0.908. The SMILES string of the molecule is Cl.Clc1ccccc1.NCC(=O)O. The summed E-state index contributed by atoms with van der Waals surface area (Å²) >= 11 is 5.54. The number of rotatable bonds is 1. The molecule has 0 atom stereocenters. The van der Waals surface area contributed by atoms with Crippen molar-refractivity contribution >= 4 is 30.0 Å². The number of carboxylic acids is 1. The van der Waals surface area contributed by atoms with E-state index in [-0.39, 0.29) is 19.0 Å². The zero-order valence-corrected chi connectivity index (χ0v) is 8.39. The van der Waals surface area contributed by atoms with Crippen molar-refractivity contribution in [2.45, 2.75) is 0 Å². The molecule has 0 aliphatic heterocycles. The number of benzene rings is 1. The Balaban J connectivity index is 0. The van der Waals surface area contributed by atoms with Gasteiger partial charge in [0.05, 0.1) is 6.54 Å². The van der Waals surface area contributed by atoms with Crippen molar-refractivity contribution < 1.29 is 9.90 Å². The number of hydrogen-bond donors (Lipinski definition) is 2. The maximum absolute atomic E-state index is 9.24. The summed E-state index contributed by atoms with van der Waals surface area (Å²) in [4.78, 5) is 9.24. The second kappa shape index (κ2) is 9.32. The van der Waals surface area contributed by atoms with Gasteiger partial charge in [-0.3, -0.25) is 4.79 Å². The second-order valence-corrected chi connectivity index (χ2v) is 2.33. The Morgan fingerprint density at radius 1 is 1.38 bits per heavy atom. The Hall–Kier alpha value is -0.770. The molecule has 0 bridgehead atoms. The highest BCUT2D eigenvalue weighted by molar-refractivity contribution is 6.30. The van der Waals surface area contributed by atoms with Gasteiger partial charge in [0.1, 0.15) is 0 Å². The number of nitrogens with two attached hydrogens (primary N) is 1. The Bertz CT molecular complexity index is 229. The van der Waals surface area contributed by atoms with Gasteiger partial charge < -0.3 is 10.8 Å². The maximum atomic E-state index is 9.24. The Morgan fingerprint density at radius 3 is 1.92 bits per heavy atom. The average molecular weight is 224 g/mol. The minimum atomic E-state index is -0.968. The van der Waals surface area contributed by atoms with E-state index in [0.717, 1.165) is 5.02 Å². The van der Waals surface area contributed by atoms with Gasteiger partial charge in [-0.25, -0.2) is 0 Å².